The quantitative estimate of drug-likeness (QED) is 0.530. The van der Waals surface area contributed by atoms with Crippen molar-refractivity contribution in [3.8, 4) is 17.1 Å². The summed E-state index contributed by atoms with van der Waals surface area (Å²) in [5.41, 5.74) is 5.74. The summed E-state index contributed by atoms with van der Waals surface area (Å²) in [4.78, 5) is 18.1. The van der Waals surface area contributed by atoms with E-state index in [2.05, 4.69) is 51.0 Å². The van der Waals surface area contributed by atoms with Gasteiger partial charge in [-0.2, -0.15) is 0 Å². The number of rotatable bonds is 5. The van der Waals surface area contributed by atoms with Crippen molar-refractivity contribution in [1.29, 1.82) is 0 Å². The molecule has 0 fully saturated rings. The molecular weight excluding hydrogens is 372 g/mol. The molecule has 0 saturated carbocycles. The minimum Gasteiger partial charge on any atom is -0.363 e. The highest BCUT2D eigenvalue weighted by atomic mass is 15.1. The van der Waals surface area contributed by atoms with Gasteiger partial charge in [-0.1, -0.05) is 12.1 Å². The van der Waals surface area contributed by atoms with Gasteiger partial charge in [0.15, 0.2) is 5.82 Å². The summed E-state index contributed by atoms with van der Waals surface area (Å²) in [7, 11) is 0. The molecule has 1 atom stereocenters. The average Bonchev–Trinajstić information content (AvgIpc) is 3.43. The highest BCUT2D eigenvalue weighted by Crippen LogP contribution is 2.31. The molecule has 30 heavy (non-hydrogen) atoms. The van der Waals surface area contributed by atoms with Crippen molar-refractivity contribution in [2.45, 2.75) is 39.2 Å². The number of hydrogen-bond acceptors (Lipinski definition) is 5. The smallest absolute Gasteiger partial charge is 0.161 e. The first-order chi connectivity index (χ1) is 14.7. The van der Waals surface area contributed by atoms with Gasteiger partial charge in [-0.05, 0) is 62.9 Å². The van der Waals surface area contributed by atoms with Crippen LogP contribution >= 0.6 is 0 Å². The number of hydrogen-bond donors (Lipinski definition) is 1. The maximum atomic E-state index is 4.89. The lowest BCUT2D eigenvalue weighted by molar-refractivity contribution is 0.861. The van der Waals surface area contributed by atoms with Crippen molar-refractivity contribution < 1.29 is 0 Å². The van der Waals surface area contributed by atoms with E-state index in [-0.39, 0.29) is 6.04 Å². The fourth-order valence-electron chi connectivity index (χ4n) is 4.04. The molecule has 3 heterocycles. The van der Waals surface area contributed by atoms with Gasteiger partial charge in [-0.25, -0.2) is 15.0 Å². The molecule has 6 heteroatoms. The SMILES string of the molecule is Cc1nccn1-c1ccc([C@H](C)Nc2nc(-c3ccncc3)nc3c2CCC3)cc1. The number of nitrogens with zero attached hydrogens (tertiary/aromatic N) is 5. The van der Waals surface area contributed by atoms with Crippen molar-refractivity contribution in [3.05, 3.63) is 83.8 Å². The number of aromatic nitrogens is 5. The van der Waals surface area contributed by atoms with Crippen LogP contribution in [0.4, 0.5) is 5.82 Å². The molecule has 0 radical (unpaired) electrons. The molecule has 5 rings (SSSR count). The monoisotopic (exact) mass is 396 g/mol. The van der Waals surface area contributed by atoms with Crippen molar-refractivity contribution >= 4 is 5.82 Å². The van der Waals surface area contributed by atoms with Gasteiger partial charge < -0.3 is 9.88 Å². The van der Waals surface area contributed by atoms with Crippen LogP contribution in [0, 0.1) is 6.92 Å². The Balaban J connectivity index is 1.43. The van der Waals surface area contributed by atoms with E-state index >= 15 is 0 Å². The van der Waals surface area contributed by atoms with Crippen LogP contribution in [-0.4, -0.2) is 24.5 Å². The minimum atomic E-state index is 0.132. The lowest BCUT2D eigenvalue weighted by Gasteiger charge is -2.19. The summed E-state index contributed by atoms with van der Waals surface area (Å²) in [6, 6.07) is 12.6. The van der Waals surface area contributed by atoms with Gasteiger partial charge in [-0.3, -0.25) is 4.98 Å². The van der Waals surface area contributed by atoms with E-state index < -0.39 is 0 Å². The second-order valence-electron chi connectivity index (χ2n) is 7.71. The first-order valence-corrected chi connectivity index (χ1v) is 10.4. The summed E-state index contributed by atoms with van der Waals surface area (Å²) in [5.74, 6) is 2.69. The largest absolute Gasteiger partial charge is 0.363 e. The predicted octanol–water partition coefficient (Wildman–Crippen LogP) is 4.69. The zero-order valence-corrected chi connectivity index (χ0v) is 17.2. The Kier molecular flexibility index (Phi) is 4.75. The Morgan fingerprint density at radius 1 is 0.967 bits per heavy atom. The van der Waals surface area contributed by atoms with E-state index in [1.165, 1.54) is 11.1 Å². The molecule has 4 aromatic rings. The van der Waals surface area contributed by atoms with E-state index in [0.717, 1.165) is 53.7 Å². The number of fused-ring (bicyclic) bond motifs is 1. The number of pyridine rings is 1. The second-order valence-corrected chi connectivity index (χ2v) is 7.71. The number of nitrogens with one attached hydrogen (secondary N) is 1. The number of imidazole rings is 1. The topological polar surface area (TPSA) is 68.5 Å². The van der Waals surface area contributed by atoms with Gasteiger partial charge in [0, 0.05) is 53.3 Å². The zero-order chi connectivity index (χ0) is 20.5. The van der Waals surface area contributed by atoms with Gasteiger partial charge in [0.25, 0.3) is 0 Å². The lowest BCUT2D eigenvalue weighted by atomic mass is 10.1. The molecular formula is C24H24N6. The van der Waals surface area contributed by atoms with Crippen LogP contribution in [0.15, 0.2) is 61.2 Å². The van der Waals surface area contributed by atoms with Gasteiger partial charge >= 0.3 is 0 Å². The van der Waals surface area contributed by atoms with Crippen LogP contribution in [0.2, 0.25) is 0 Å². The Morgan fingerprint density at radius 2 is 1.77 bits per heavy atom. The van der Waals surface area contributed by atoms with Crippen LogP contribution in [-0.2, 0) is 12.8 Å². The Bertz CT molecular complexity index is 1160. The molecule has 0 spiro atoms. The molecule has 1 aromatic carbocycles. The predicted molar refractivity (Wildman–Crippen MR) is 118 cm³/mol. The first kappa shape index (κ1) is 18.5. The van der Waals surface area contributed by atoms with Crippen molar-refractivity contribution in [1.82, 2.24) is 24.5 Å². The van der Waals surface area contributed by atoms with E-state index in [1.807, 2.05) is 31.5 Å². The summed E-state index contributed by atoms with van der Waals surface area (Å²) in [6.07, 6.45) is 10.5. The molecule has 3 aromatic heterocycles. The lowest BCUT2D eigenvalue weighted by Crippen LogP contribution is -2.12. The normalized spacial score (nSPS) is 13.8. The van der Waals surface area contributed by atoms with Crippen LogP contribution < -0.4 is 5.32 Å². The summed E-state index contributed by atoms with van der Waals surface area (Å²) < 4.78 is 2.08. The van der Waals surface area contributed by atoms with E-state index in [9.17, 15) is 0 Å². The van der Waals surface area contributed by atoms with Crippen LogP contribution in [0.1, 0.15) is 42.0 Å². The molecule has 150 valence electrons. The molecule has 0 bridgehead atoms. The fourth-order valence-corrected chi connectivity index (χ4v) is 4.04. The maximum Gasteiger partial charge on any atom is 0.161 e. The van der Waals surface area contributed by atoms with E-state index in [4.69, 9.17) is 9.97 Å². The van der Waals surface area contributed by atoms with E-state index in [0.29, 0.717) is 0 Å². The molecule has 0 aliphatic heterocycles. The van der Waals surface area contributed by atoms with Crippen molar-refractivity contribution in [2.24, 2.45) is 0 Å². The van der Waals surface area contributed by atoms with Crippen molar-refractivity contribution in [3.63, 3.8) is 0 Å². The fraction of sp³-hybridized carbons (Fsp3) is 0.250. The van der Waals surface area contributed by atoms with Gasteiger partial charge in [0.1, 0.15) is 11.6 Å². The number of aryl methyl sites for hydroxylation is 2. The highest BCUT2D eigenvalue weighted by Gasteiger charge is 2.21. The molecule has 6 nitrogen and oxygen atoms in total. The third-order valence-corrected chi connectivity index (χ3v) is 5.72. The van der Waals surface area contributed by atoms with E-state index in [1.54, 1.807) is 12.4 Å². The summed E-state index contributed by atoms with van der Waals surface area (Å²) >= 11 is 0. The molecule has 1 aliphatic carbocycles. The number of anilines is 1. The van der Waals surface area contributed by atoms with Crippen LogP contribution in [0.3, 0.4) is 0 Å². The average molecular weight is 396 g/mol. The zero-order valence-electron chi connectivity index (χ0n) is 17.2. The Labute approximate surface area is 176 Å². The Morgan fingerprint density at radius 3 is 2.50 bits per heavy atom. The molecule has 0 amide bonds. The molecule has 0 unspecified atom stereocenters. The van der Waals surface area contributed by atoms with Crippen LogP contribution in [0.5, 0.6) is 0 Å². The van der Waals surface area contributed by atoms with Gasteiger partial charge in [0.05, 0.1) is 0 Å². The third kappa shape index (κ3) is 3.45. The first-order valence-electron chi connectivity index (χ1n) is 10.4. The summed E-state index contributed by atoms with van der Waals surface area (Å²) in [6.45, 7) is 4.18. The Hall–Kier alpha value is -3.54. The van der Waals surface area contributed by atoms with Crippen LogP contribution in [0.25, 0.3) is 17.1 Å². The standard InChI is InChI=1S/C24H24N6/c1-16(18-6-8-20(9-7-18)30-15-14-26-17(30)2)27-24-21-4-3-5-22(21)28-23(29-24)19-10-12-25-13-11-19/h6-16H,3-5H2,1-2H3,(H,27,28,29)/t16-/m0/s1. The van der Waals surface area contributed by atoms with Gasteiger partial charge in [-0.15, -0.1) is 0 Å². The highest BCUT2D eigenvalue weighted by molar-refractivity contribution is 5.60. The second kappa shape index (κ2) is 7.71. The molecule has 1 aliphatic rings. The van der Waals surface area contributed by atoms with Gasteiger partial charge in [0.2, 0.25) is 0 Å². The maximum absolute atomic E-state index is 4.89. The summed E-state index contributed by atoms with van der Waals surface area (Å²) in [5, 5.41) is 3.65. The number of benzene rings is 1. The molecule has 0 saturated heterocycles. The molecule has 1 N–H and O–H groups in total. The minimum absolute atomic E-state index is 0.132. The van der Waals surface area contributed by atoms with Crippen molar-refractivity contribution in [2.75, 3.05) is 5.32 Å². The third-order valence-electron chi connectivity index (χ3n) is 5.72.